The van der Waals surface area contributed by atoms with Crippen LogP contribution in [0.1, 0.15) is 12.5 Å². The number of carbonyl (C=O) groups excluding carboxylic acids is 2. The van der Waals surface area contributed by atoms with Gasteiger partial charge in [-0.15, -0.1) is 0 Å². The van der Waals surface area contributed by atoms with Gasteiger partial charge in [-0.05, 0) is 18.6 Å². The molecule has 0 radical (unpaired) electrons. The molecule has 0 bridgehead atoms. The fourth-order valence-electron chi connectivity index (χ4n) is 1.79. The Morgan fingerprint density at radius 3 is 3.00 bits per heavy atom. The lowest BCUT2D eigenvalue weighted by Gasteiger charge is -2.06. The average Bonchev–Trinajstić information content (AvgIpc) is 2.72. The standard InChI is InChI=1S/C13H14N2O2/c1-9(8-16)15-13(17)6-10-7-14-12-5-3-2-4-11(10)12/h2-5,7-9,14H,6H2,1H3,(H,15,17)/t9-/m0/s1. The Kier molecular flexibility index (Phi) is 3.23. The Hall–Kier alpha value is -2.10. The highest BCUT2D eigenvalue weighted by Crippen LogP contribution is 2.17. The number of hydrogen-bond acceptors (Lipinski definition) is 2. The summed E-state index contributed by atoms with van der Waals surface area (Å²) in [5.74, 6) is -0.144. The quantitative estimate of drug-likeness (QED) is 0.780. The van der Waals surface area contributed by atoms with Gasteiger partial charge < -0.3 is 15.1 Å². The smallest absolute Gasteiger partial charge is 0.225 e. The van der Waals surface area contributed by atoms with Crippen molar-refractivity contribution in [3.63, 3.8) is 0 Å². The van der Waals surface area contributed by atoms with E-state index in [0.717, 1.165) is 16.5 Å². The van der Waals surface area contributed by atoms with Crippen molar-refractivity contribution in [3.05, 3.63) is 36.0 Å². The minimum absolute atomic E-state index is 0.144. The van der Waals surface area contributed by atoms with Crippen molar-refractivity contribution in [2.45, 2.75) is 19.4 Å². The number of carbonyl (C=O) groups is 2. The molecule has 4 heteroatoms. The number of H-pyrrole nitrogens is 1. The molecule has 1 amide bonds. The first kappa shape index (κ1) is 11.4. The molecule has 88 valence electrons. The largest absolute Gasteiger partial charge is 0.361 e. The Bertz CT molecular complexity index is 545. The lowest BCUT2D eigenvalue weighted by Crippen LogP contribution is -2.34. The van der Waals surface area contributed by atoms with Crippen molar-refractivity contribution >= 4 is 23.1 Å². The number of benzene rings is 1. The molecule has 0 saturated carbocycles. The van der Waals surface area contributed by atoms with Crippen molar-refractivity contribution in [2.24, 2.45) is 0 Å². The molecule has 1 aromatic carbocycles. The minimum atomic E-state index is -0.437. The van der Waals surface area contributed by atoms with E-state index in [1.165, 1.54) is 0 Å². The number of hydrogen-bond donors (Lipinski definition) is 2. The van der Waals surface area contributed by atoms with Crippen LogP contribution < -0.4 is 5.32 Å². The highest BCUT2D eigenvalue weighted by atomic mass is 16.2. The van der Waals surface area contributed by atoms with Crippen LogP contribution in [0.4, 0.5) is 0 Å². The third kappa shape index (κ3) is 2.53. The summed E-state index contributed by atoms with van der Waals surface area (Å²) in [6, 6.07) is 7.37. The number of para-hydroxylation sites is 1. The molecule has 0 unspecified atom stereocenters. The Morgan fingerprint density at radius 1 is 1.47 bits per heavy atom. The van der Waals surface area contributed by atoms with Gasteiger partial charge in [-0.3, -0.25) is 4.79 Å². The number of aldehydes is 1. The SMILES string of the molecule is C[C@@H](C=O)NC(=O)Cc1c[nH]c2ccccc12. The maximum absolute atomic E-state index is 11.6. The molecule has 0 aliphatic rings. The van der Waals surface area contributed by atoms with Crippen molar-refractivity contribution in [2.75, 3.05) is 0 Å². The van der Waals surface area contributed by atoms with Crippen LogP contribution in [0.5, 0.6) is 0 Å². The highest BCUT2D eigenvalue weighted by Gasteiger charge is 2.10. The second-order valence-electron chi connectivity index (χ2n) is 4.03. The number of aromatic amines is 1. The Balaban J connectivity index is 2.13. The topological polar surface area (TPSA) is 62.0 Å². The minimum Gasteiger partial charge on any atom is -0.361 e. The zero-order valence-electron chi connectivity index (χ0n) is 9.57. The normalized spacial score (nSPS) is 12.3. The number of rotatable bonds is 4. The lowest BCUT2D eigenvalue weighted by molar-refractivity contribution is -0.123. The molecule has 0 aliphatic heterocycles. The van der Waals surface area contributed by atoms with Gasteiger partial charge in [0, 0.05) is 17.1 Å². The average molecular weight is 230 g/mol. The highest BCUT2D eigenvalue weighted by molar-refractivity contribution is 5.89. The monoisotopic (exact) mass is 230 g/mol. The predicted molar refractivity (Wildman–Crippen MR) is 65.7 cm³/mol. The molecule has 2 rings (SSSR count). The zero-order chi connectivity index (χ0) is 12.3. The molecule has 0 spiro atoms. The maximum atomic E-state index is 11.6. The summed E-state index contributed by atoms with van der Waals surface area (Å²) < 4.78 is 0. The molecule has 1 aromatic heterocycles. The Labute approximate surface area is 99.0 Å². The van der Waals surface area contributed by atoms with Gasteiger partial charge in [0.05, 0.1) is 12.5 Å². The molecule has 1 atom stereocenters. The third-order valence-electron chi connectivity index (χ3n) is 2.62. The van der Waals surface area contributed by atoms with E-state index >= 15 is 0 Å². The van der Waals surface area contributed by atoms with Crippen LogP contribution in [0.25, 0.3) is 10.9 Å². The van der Waals surface area contributed by atoms with Crippen LogP contribution in [-0.2, 0) is 16.0 Å². The van der Waals surface area contributed by atoms with Crippen LogP contribution in [0.3, 0.4) is 0 Å². The van der Waals surface area contributed by atoms with Crippen molar-refractivity contribution in [3.8, 4) is 0 Å². The molecule has 2 aromatic rings. The maximum Gasteiger partial charge on any atom is 0.225 e. The van der Waals surface area contributed by atoms with Crippen LogP contribution in [0.15, 0.2) is 30.5 Å². The van der Waals surface area contributed by atoms with Gasteiger partial charge in [-0.25, -0.2) is 0 Å². The summed E-state index contributed by atoms with van der Waals surface area (Å²) in [6.45, 7) is 1.65. The number of amides is 1. The van der Waals surface area contributed by atoms with Crippen LogP contribution >= 0.6 is 0 Å². The molecule has 1 heterocycles. The second kappa shape index (κ2) is 4.82. The van der Waals surface area contributed by atoms with Gasteiger partial charge in [-0.2, -0.15) is 0 Å². The van der Waals surface area contributed by atoms with Crippen LogP contribution in [0.2, 0.25) is 0 Å². The number of nitrogens with one attached hydrogen (secondary N) is 2. The fourth-order valence-corrected chi connectivity index (χ4v) is 1.79. The van der Waals surface area contributed by atoms with E-state index in [9.17, 15) is 9.59 Å². The summed E-state index contributed by atoms with van der Waals surface area (Å²) in [4.78, 5) is 25.2. The van der Waals surface area contributed by atoms with Gasteiger partial charge in [0.1, 0.15) is 6.29 Å². The summed E-state index contributed by atoms with van der Waals surface area (Å²) in [7, 11) is 0. The zero-order valence-corrected chi connectivity index (χ0v) is 9.57. The number of fused-ring (bicyclic) bond motifs is 1. The van der Waals surface area contributed by atoms with E-state index in [4.69, 9.17) is 0 Å². The van der Waals surface area contributed by atoms with Gasteiger partial charge in [0.2, 0.25) is 5.91 Å². The fraction of sp³-hybridized carbons (Fsp3) is 0.231. The van der Waals surface area contributed by atoms with Crippen molar-refractivity contribution in [1.82, 2.24) is 10.3 Å². The van der Waals surface area contributed by atoms with Gasteiger partial charge in [-0.1, -0.05) is 18.2 Å². The van der Waals surface area contributed by atoms with Crippen LogP contribution in [0, 0.1) is 0 Å². The predicted octanol–water partition coefficient (Wildman–Crippen LogP) is 1.41. The molecule has 0 fully saturated rings. The molecule has 0 saturated heterocycles. The molecule has 17 heavy (non-hydrogen) atoms. The molecular weight excluding hydrogens is 216 g/mol. The van der Waals surface area contributed by atoms with E-state index in [-0.39, 0.29) is 12.3 Å². The first-order chi connectivity index (χ1) is 8.20. The van der Waals surface area contributed by atoms with Gasteiger partial charge >= 0.3 is 0 Å². The lowest BCUT2D eigenvalue weighted by atomic mass is 10.1. The summed E-state index contributed by atoms with van der Waals surface area (Å²) in [5.41, 5.74) is 1.95. The summed E-state index contributed by atoms with van der Waals surface area (Å²) in [5, 5.41) is 3.65. The van der Waals surface area contributed by atoms with E-state index in [1.54, 1.807) is 6.92 Å². The van der Waals surface area contributed by atoms with Gasteiger partial charge in [0.25, 0.3) is 0 Å². The first-order valence-corrected chi connectivity index (χ1v) is 5.50. The number of aromatic nitrogens is 1. The van der Waals surface area contributed by atoms with E-state index in [0.29, 0.717) is 6.29 Å². The molecular formula is C13H14N2O2. The summed E-state index contributed by atoms with van der Waals surface area (Å²) in [6.07, 6.45) is 2.82. The molecule has 2 N–H and O–H groups in total. The van der Waals surface area contributed by atoms with Crippen LogP contribution in [-0.4, -0.2) is 23.2 Å². The Morgan fingerprint density at radius 2 is 2.24 bits per heavy atom. The molecule has 4 nitrogen and oxygen atoms in total. The van der Waals surface area contributed by atoms with E-state index in [2.05, 4.69) is 10.3 Å². The first-order valence-electron chi connectivity index (χ1n) is 5.50. The van der Waals surface area contributed by atoms with Gasteiger partial charge in [0.15, 0.2) is 0 Å². The third-order valence-corrected chi connectivity index (χ3v) is 2.62. The van der Waals surface area contributed by atoms with E-state index < -0.39 is 6.04 Å². The van der Waals surface area contributed by atoms with E-state index in [1.807, 2.05) is 30.5 Å². The summed E-state index contributed by atoms with van der Waals surface area (Å²) >= 11 is 0. The van der Waals surface area contributed by atoms with Crippen molar-refractivity contribution < 1.29 is 9.59 Å². The second-order valence-corrected chi connectivity index (χ2v) is 4.03. The van der Waals surface area contributed by atoms with Crippen molar-refractivity contribution in [1.29, 1.82) is 0 Å². The molecule has 0 aliphatic carbocycles.